The molecule has 0 saturated carbocycles. The first-order valence-electron chi connectivity index (χ1n) is 3.55. The molecule has 0 aromatic carbocycles. The van der Waals surface area contributed by atoms with Gasteiger partial charge in [-0.25, -0.2) is 10.6 Å². The predicted molar refractivity (Wildman–Crippen MR) is 39.4 cm³/mol. The summed E-state index contributed by atoms with van der Waals surface area (Å²) in [5.74, 6) is 0. The van der Waals surface area contributed by atoms with Gasteiger partial charge in [-0.3, -0.25) is 0 Å². The molecule has 0 fully saturated rings. The molecule has 13 heavy (non-hydrogen) atoms. The molecule has 0 aliphatic rings. The second-order valence-corrected chi connectivity index (χ2v) is 2.48. The molecule has 0 aliphatic heterocycles. The van der Waals surface area contributed by atoms with Gasteiger partial charge in [0.05, 0.1) is 0 Å². The van der Waals surface area contributed by atoms with Crippen molar-refractivity contribution in [3.8, 4) is 0 Å². The maximum atomic E-state index is 8.31. The highest BCUT2D eigenvalue weighted by Gasteiger charge is 2.17. The van der Waals surface area contributed by atoms with Gasteiger partial charge in [-0.2, -0.15) is 0 Å². The molecule has 0 atom stereocenters. The van der Waals surface area contributed by atoms with Crippen LogP contribution in [0.1, 0.15) is 6.42 Å². The number of aliphatic hydroxyl groups is 6. The Morgan fingerprint density at radius 3 is 1.23 bits per heavy atom. The zero-order chi connectivity index (χ0) is 10.5. The van der Waals surface area contributed by atoms with Crippen molar-refractivity contribution in [1.82, 2.24) is 10.6 Å². The second-order valence-electron chi connectivity index (χ2n) is 2.48. The van der Waals surface area contributed by atoms with Crippen LogP contribution >= 0.6 is 0 Å². The number of nitrogens with one attached hydrogen (secondary N) is 2. The smallest absolute Gasteiger partial charge is 0.330 e. The van der Waals surface area contributed by atoms with E-state index in [9.17, 15) is 0 Å². The lowest BCUT2D eigenvalue weighted by molar-refractivity contribution is -0.333. The van der Waals surface area contributed by atoms with Crippen LogP contribution in [0.15, 0.2) is 0 Å². The van der Waals surface area contributed by atoms with Crippen LogP contribution in [0, 0.1) is 0 Å². The fraction of sp³-hybridized carbons (Fsp3) is 1.00. The van der Waals surface area contributed by atoms with E-state index in [0.29, 0.717) is 0 Å². The third-order valence-corrected chi connectivity index (χ3v) is 1.08. The molecule has 80 valence electrons. The van der Waals surface area contributed by atoms with E-state index in [-0.39, 0.29) is 19.5 Å². The Morgan fingerprint density at radius 1 is 0.692 bits per heavy atom. The van der Waals surface area contributed by atoms with Gasteiger partial charge in [0.25, 0.3) is 0 Å². The molecule has 0 aliphatic carbocycles. The molecular formula is C5H14N2O6. The molecule has 0 spiro atoms. The summed E-state index contributed by atoms with van der Waals surface area (Å²) < 4.78 is 0. The van der Waals surface area contributed by atoms with Crippen molar-refractivity contribution in [2.75, 3.05) is 13.1 Å². The van der Waals surface area contributed by atoms with E-state index in [1.807, 2.05) is 10.6 Å². The average molecular weight is 198 g/mol. The molecular weight excluding hydrogens is 184 g/mol. The topological polar surface area (TPSA) is 145 Å². The van der Waals surface area contributed by atoms with Crippen molar-refractivity contribution < 1.29 is 30.6 Å². The lowest BCUT2D eigenvalue weighted by Crippen LogP contribution is -2.48. The maximum absolute atomic E-state index is 8.31. The summed E-state index contributed by atoms with van der Waals surface area (Å²) in [6.07, 6.45) is -5.64. The fourth-order valence-electron chi connectivity index (χ4n) is 0.601. The summed E-state index contributed by atoms with van der Waals surface area (Å²) >= 11 is 0. The third kappa shape index (κ3) is 11.7. The molecule has 8 heteroatoms. The van der Waals surface area contributed by atoms with Crippen LogP contribution < -0.4 is 10.6 Å². The number of hydrogen-bond acceptors (Lipinski definition) is 8. The Morgan fingerprint density at radius 2 is 1.00 bits per heavy atom. The van der Waals surface area contributed by atoms with Gasteiger partial charge in [-0.1, -0.05) is 0 Å². The molecule has 0 bridgehead atoms. The predicted octanol–water partition coefficient (Wildman–Crippen LogP) is -4.27. The summed E-state index contributed by atoms with van der Waals surface area (Å²) in [6, 6.07) is 0. The van der Waals surface area contributed by atoms with Gasteiger partial charge in [-0.15, -0.1) is 0 Å². The Hall–Kier alpha value is -0.320. The minimum atomic E-state index is -2.94. The molecule has 8 N–H and O–H groups in total. The van der Waals surface area contributed by atoms with Crippen LogP contribution in [0.25, 0.3) is 0 Å². The van der Waals surface area contributed by atoms with Gasteiger partial charge in [-0.05, 0) is 6.42 Å². The van der Waals surface area contributed by atoms with Gasteiger partial charge < -0.3 is 30.6 Å². The first-order valence-corrected chi connectivity index (χ1v) is 3.55. The molecule has 8 nitrogen and oxygen atoms in total. The van der Waals surface area contributed by atoms with E-state index < -0.39 is 12.2 Å². The Balaban J connectivity index is 3.28. The highest BCUT2D eigenvalue weighted by Crippen LogP contribution is 1.87. The first kappa shape index (κ1) is 12.7. The molecule has 0 aromatic heterocycles. The largest absolute Gasteiger partial charge is 0.343 e. The normalized spacial score (nSPS) is 13.4. The van der Waals surface area contributed by atoms with E-state index in [0.717, 1.165) is 0 Å². The van der Waals surface area contributed by atoms with Crippen molar-refractivity contribution in [2.45, 2.75) is 18.6 Å². The minimum absolute atomic E-state index is 0.00653. The van der Waals surface area contributed by atoms with Crippen molar-refractivity contribution in [2.24, 2.45) is 0 Å². The summed E-state index contributed by atoms with van der Waals surface area (Å²) in [6.45, 7) is 0.0131. The molecule has 0 amide bonds. The van der Waals surface area contributed by atoms with Gasteiger partial charge >= 0.3 is 12.2 Å². The summed E-state index contributed by atoms with van der Waals surface area (Å²) in [5.41, 5.74) is 0. The monoisotopic (exact) mass is 198 g/mol. The maximum Gasteiger partial charge on any atom is 0.343 e. The zero-order valence-corrected chi connectivity index (χ0v) is 6.80. The third-order valence-electron chi connectivity index (χ3n) is 1.08. The summed E-state index contributed by atoms with van der Waals surface area (Å²) in [7, 11) is 0. The Bertz CT molecular complexity index is 123. The van der Waals surface area contributed by atoms with E-state index in [1.54, 1.807) is 0 Å². The van der Waals surface area contributed by atoms with Crippen LogP contribution in [0.3, 0.4) is 0 Å². The highest BCUT2D eigenvalue weighted by molar-refractivity contribution is 4.52. The lowest BCUT2D eigenvalue weighted by Gasteiger charge is -2.17. The van der Waals surface area contributed by atoms with Crippen LogP contribution in [0.2, 0.25) is 0 Å². The van der Waals surface area contributed by atoms with E-state index in [1.165, 1.54) is 0 Å². The molecule has 0 unspecified atom stereocenters. The van der Waals surface area contributed by atoms with E-state index in [2.05, 4.69) is 0 Å². The average Bonchev–Trinajstić information content (AvgIpc) is 1.81. The van der Waals surface area contributed by atoms with E-state index >= 15 is 0 Å². The van der Waals surface area contributed by atoms with E-state index in [4.69, 9.17) is 30.6 Å². The standard InChI is InChI=1S/C5H14N2O6/c8-4(9,10)6-2-1-3-7-5(11,12)13/h6-13H,1-3H2. The highest BCUT2D eigenvalue weighted by atomic mass is 16.7. The van der Waals surface area contributed by atoms with Crippen molar-refractivity contribution in [3.63, 3.8) is 0 Å². The Kier molecular flexibility index (Phi) is 4.67. The summed E-state index contributed by atoms with van der Waals surface area (Å²) in [4.78, 5) is 0. The quantitative estimate of drug-likeness (QED) is 0.158. The molecule has 0 heterocycles. The van der Waals surface area contributed by atoms with Crippen LogP contribution in [-0.2, 0) is 0 Å². The van der Waals surface area contributed by atoms with Crippen LogP contribution in [0.4, 0.5) is 0 Å². The first-order chi connectivity index (χ1) is 5.71. The molecule has 0 radical (unpaired) electrons. The zero-order valence-electron chi connectivity index (χ0n) is 6.80. The number of hydrogen-bond donors (Lipinski definition) is 8. The fourth-order valence-corrected chi connectivity index (χ4v) is 0.601. The molecule has 0 aromatic rings. The van der Waals surface area contributed by atoms with Crippen LogP contribution in [-0.4, -0.2) is 55.9 Å². The van der Waals surface area contributed by atoms with Crippen molar-refractivity contribution >= 4 is 0 Å². The minimum Gasteiger partial charge on any atom is -0.330 e. The molecule has 0 saturated heterocycles. The van der Waals surface area contributed by atoms with Gasteiger partial charge in [0, 0.05) is 13.1 Å². The van der Waals surface area contributed by atoms with Crippen LogP contribution in [0.5, 0.6) is 0 Å². The van der Waals surface area contributed by atoms with Gasteiger partial charge in [0.2, 0.25) is 0 Å². The molecule has 0 rings (SSSR count). The SMILES string of the molecule is OC(O)(O)NCCCNC(O)(O)O. The lowest BCUT2D eigenvalue weighted by atomic mass is 10.4. The number of rotatable bonds is 6. The Labute approximate surface area is 74.1 Å². The second kappa shape index (κ2) is 4.79. The van der Waals surface area contributed by atoms with Gasteiger partial charge in [0.1, 0.15) is 0 Å². The van der Waals surface area contributed by atoms with Crippen molar-refractivity contribution in [1.29, 1.82) is 0 Å². The summed E-state index contributed by atoms with van der Waals surface area (Å²) in [5, 5.41) is 53.6. The van der Waals surface area contributed by atoms with Crippen molar-refractivity contribution in [3.05, 3.63) is 0 Å². The van der Waals surface area contributed by atoms with Gasteiger partial charge in [0.15, 0.2) is 0 Å².